The summed E-state index contributed by atoms with van der Waals surface area (Å²) in [5.74, 6) is 1.87. The van der Waals surface area contributed by atoms with Crippen LogP contribution in [-0.2, 0) is 6.42 Å². The molecule has 0 saturated carbocycles. The van der Waals surface area contributed by atoms with E-state index < -0.39 is 6.03 Å². The monoisotopic (exact) mass is 410 g/mol. The molecule has 0 aliphatic heterocycles. The molecule has 0 bridgehead atoms. The molecule has 0 atom stereocenters. The number of urea groups is 1. The van der Waals surface area contributed by atoms with E-state index in [0.717, 1.165) is 24.1 Å². The van der Waals surface area contributed by atoms with E-state index >= 15 is 0 Å². The molecule has 0 spiro atoms. The minimum absolute atomic E-state index is 0.395. The summed E-state index contributed by atoms with van der Waals surface area (Å²) in [6, 6.07) is 12.3. The van der Waals surface area contributed by atoms with Gasteiger partial charge in [0, 0.05) is 29.4 Å². The second-order valence-electron chi connectivity index (χ2n) is 6.59. The van der Waals surface area contributed by atoms with Crippen molar-refractivity contribution in [2.45, 2.75) is 19.8 Å². The number of carbonyl (C=O) groups is 1. The highest BCUT2D eigenvalue weighted by Crippen LogP contribution is 2.32. The summed E-state index contributed by atoms with van der Waals surface area (Å²) in [6.45, 7) is 2.07. The van der Waals surface area contributed by atoms with Gasteiger partial charge in [0.1, 0.15) is 22.9 Å². The number of aryl methyl sites for hydroxylation is 1. The molecule has 1 heterocycles. The Morgan fingerprint density at radius 2 is 1.67 bits per heavy atom. The Morgan fingerprint density at radius 3 is 2.30 bits per heavy atom. The lowest BCUT2D eigenvalue weighted by atomic mass is 10.1. The molecule has 3 N–H and O–H groups in total. The van der Waals surface area contributed by atoms with Crippen LogP contribution in [0.25, 0.3) is 11.3 Å². The number of anilines is 2. The second-order valence-corrected chi connectivity index (χ2v) is 6.59. The quantitative estimate of drug-likeness (QED) is 0.500. The number of hydrogen-bond donors (Lipinski definition) is 3. The van der Waals surface area contributed by atoms with Gasteiger partial charge in [-0.25, -0.2) is 4.79 Å². The van der Waals surface area contributed by atoms with Gasteiger partial charge in [0.05, 0.1) is 32.7 Å². The average Bonchev–Trinajstić information content (AvgIpc) is 3.15. The number of benzene rings is 2. The highest BCUT2D eigenvalue weighted by molar-refractivity contribution is 6.02. The fourth-order valence-corrected chi connectivity index (χ4v) is 3.08. The van der Waals surface area contributed by atoms with Gasteiger partial charge in [-0.3, -0.25) is 5.10 Å². The smallest absolute Gasteiger partial charge is 0.323 e. The summed E-state index contributed by atoms with van der Waals surface area (Å²) in [5, 5.41) is 13.2. The molecule has 0 saturated heterocycles. The fraction of sp³-hybridized carbons (Fsp3) is 0.273. The van der Waals surface area contributed by atoms with Crippen LogP contribution in [-0.4, -0.2) is 37.6 Å². The van der Waals surface area contributed by atoms with Gasteiger partial charge >= 0.3 is 6.03 Å². The van der Waals surface area contributed by atoms with Crippen LogP contribution in [0, 0.1) is 0 Å². The zero-order valence-corrected chi connectivity index (χ0v) is 17.5. The second kappa shape index (κ2) is 9.69. The maximum absolute atomic E-state index is 12.8. The molecule has 1 aromatic heterocycles. The van der Waals surface area contributed by atoms with Crippen LogP contribution < -0.4 is 24.8 Å². The van der Waals surface area contributed by atoms with Crippen LogP contribution in [0.2, 0.25) is 0 Å². The van der Waals surface area contributed by atoms with Crippen molar-refractivity contribution in [2.75, 3.05) is 32.0 Å². The van der Waals surface area contributed by atoms with Crippen molar-refractivity contribution < 1.29 is 19.0 Å². The molecular weight excluding hydrogens is 384 g/mol. The number of amides is 2. The zero-order chi connectivity index (χ0) is 21.5. The first-order valence-corrected chi connectivity index (χ1v) is 9.60. The molecule has 2 amide bonds. The highest BCUT2D eigenvalue weighted by Gasteiger charge is 2.18. The molecule has 0 radical (unpaired) electrons. The summed E-state index contributed by atoms with van der Waals surface area (Å²) >= 11 is 0. The molecule has 0 aliphatic carbocycles. The van der Waals surface area contributed by atoms with Crippen LogP contribution in [0.5, 0.6) is 17.2 Å². The Hall–Kier alpha value is -3.68. The van der Waals surface area contributed by atoms with Crippen molar-refractivity contribution in [2.24, 2.45) is 0 Å². The Kier molecular flexibility index (Phi) is 6.79. The lowest BCUT2D eigenvalue weighted by Gasteiger charge is -2.12. The zero-order valence-electron chi connectivity index (χ0n) is 17.5. The number of ether oxygens (including phenoxy) is 3. The SMILES string of the molecule is CCCc1[nH]nc(-c2cccc(OC)c2)c1NC(=O)Nc1cc(OC)cc(OC)c1. The third kappa shape index (κ3) is 4.83. The predicted molar refractivity (Wildman–Crippen MR) is 117 cm³/mol. The normalized spacial score (nSPS) is 10.4. The number of methoxy groups -OCH3 is 3. The van der Waals surface area contributed by atoms with Crippen molar-refractivity contribution in [3.63, 3.8) is 0 Å². The molecule has 8 nitrogen and oxygen atoms in total. The lowest BCUT2D eigenvalue weighted by Crippen LogP contribution is -2.20. The molecule has 2 aromatic carbocycles. The van der Waals surface area contributed by atoms with Gasteiger partial charge in [-0.15, -0.1) is 0 Å². The van der Waals surface area contributed by atoms with Gasteiger partial charge in [-0.2, -0.15) is 5.10 Å². The topological polar surface area (TPSA) is 97.5 Å². The van der Waals surface area contributed by atoms with Gasteiger partial charge in [-0.1, -0.05) is 25.5 Å². The van der Waals surface area contributed by atoms with Crippen LogP contribution in [0.1, 0.15) is 19.0 Å². The molecule has 0 unspecified atom stereocenters. The van der Waals surface area contributed by atoms with Crippen LogP contribution in [0.3, 0.4) is 0 Å². The van der Waals surface area contributed by atoms with E-state index in [1.807, 2.05) is 24.3 Å². The van der Waals surface area contributed by atoms with E-state index in [1.54, 1.807) is 39.5 Å². The Bertz CT molecular complexity index is 994. The van der Waals surface area contributed by atoms with Crippen molar-refractivity contribution in [1.82, 2.24) is 10.2 Å². The largest absolute Gasteiger partial charge is 0.497 e. The van der Waals surface area contributed by atoms with Gasteiger partial charge in [0.2, 0.25) is 0 Å². The van der Waals surface area contributed by atoms with Gasteiger partial charge in [-0.05, 0) is 18.6 Å². The number of hydrogen-bond acceptors (Lipinski definition) is 5. The van der Waals surface area contributed by atoms with Gasteiger partial charge < -0.3 is 24.8 Å². The molecule has 30 heavy (non-hydrogen) atoms. The number of aromatic amines is 1. The molecule has 8 heteroatoms. The number of nitrogens with one attached hydrogen (secondary N) is 3. The minimum Gasteiger partial charge on any atom is -0.497 e. The summed E-state index contributed by atoms with van der Waals surface area (Å²) in [7, 11) is 4.73. The number of rotatable bonds is 8. The van der Waals surface area contributed by atoms with Gasteiger partial charge in [0.15, 0.2) is 0 Å². The van der Waals surface area contributed by atoms with E-state index in [1.165, 1.54) is 0 Å². The Balaban J connectivity index is 1.88. The molecule has 3 aromatic rings. The third-order valence-electron chi connectivity index (χ3n) is 4.53. The van der Waals surface area contributed by atoms with E-state index in [2.05, 4.69) is 27.8 Å². The number of aromatic nitrogens is 2. The number of H-pyrrole nitrogens is 1. The first-order valence-electron chi connectivity index (χ1n) is 9.60. The minimum atomic E-state index is -0.395. The predicted octanol–water partition coefficient (Wildman–Crippen LogP) is 4.70. The van der Waals surface area contributed by atoms with Crippen LogP contribution in [0.4, 0.5) is 16.2 Å². The van der Waals surface area contributed by atoms with Crippen LogP contribution >= 0.6 is 0 Å². The fourth-order valence-electron chi connectivity index (χ4n) is 3.08. The van der Waals surface area contributed by atoms with Crippen molar-refractivity contribution >= 4 is 17.4 Å². The summed E-state index contributed by atoms with van der Waals surface area (Å²) < 4.78 is 15.8. The highest BCUT2D eigenvalue weighted by atomic mass is 16.5. The lowest BCUT2D eigenvalue weighted by molar-refractivity contribution is 0.262. The molecule has 0 aliphatic rings. The van der Waals surface area contributed by atoms with E-state index in [9.17, 15) is 4.79 Å². The number of carbonyl (C=O) groups excluding carboxylic acids is 1. The first kappa shape index (κ1) is 21.0. The standard InChI is InChI=1S/C22H26N4O4/c1-5-7-19-21(20(26-25-19)14-8-6-9-16(10-14)28-2)24-22(27)23-15-11-17(29-3)13-18(12-15)30-4/h6,8-13H,5,7H2,1-4H3,(H,25,26)(H2,23,24,27). The average molecular weight is 410 g/mol. The molecule has 0 fully saturated rings. The summed E-state index contributed by atoms with van der Waals surface area (Å²) in [5.41, 5.74) is 3.53. The van der Waals surface area contributed by atoms with E-state index in [-0.39, 0.29) is 0 Å². The summed E-state index contributed by atoms with van der Waals surface area (Å²) in [4.78, 5) is 12.8. The Morgan fingerprint density at radius 1 is 0.967 bits per heavy atom. The molecular formula is C22H26N4O4. The van der Waals surface area contributed by atoms with Crippen molar-refractivity contribution in [3.8, 4) is 28.5 Å². The van der Waals surface area contributed by atoms with E-state index in [4.69, 9.17) is 14.2 Å². The molecule has 3 rings (SSSR count). The van der Waals surface area contributed by atoms with E-state index in [0.29, 0.717) is 34.3 Å². The Labute approximate surface area is 175 Å². The van der Waals surface area contributed by atoms with Crippen LogP contribution in [0.15, 0.2) is 42.5 Å². The maximum atomic E-state index is 12.8. The first-order chi connectivity index (χ1) is 14.6. The van der Waals surface area contributed by atoms with Crippen molar-refractivity contribution in [3.05, 3.63) is 48.2 Å². The van der Waals surface area contributed by atoms with Crippen molar-refractivity contribution in [1.29, 1.82) is 0 Å². The van der Waals surface area contributed by atoms with Gasteiger partial charge in [0.25, 0.3) is 0 Å². The number of nitrogens with zero attached hydrogens (tertiary/aromatic N) is 1. The molecule has 158 valence electrons. The third-order valence-corrected chi connectivity index (χ3v) is 4.53. The maximum Gasteiger partial charge on any atom is 0.323 e. The summed E-state index contributed by atoms with van der Waals surface area (Å²) in [6.07, 6.45) is 1.66.